The molecule has 0 aliphatic heterocycles. The Morgan fingerprint density at radius 3 is 1.80 bits per heavy atom. The molecule has 1 aromatic heterocycles. The number of sulfonamides is 1. The number of hydrogen-bond donors (Lipinski definition) is 2. The summed E-state index contributed by atoms with van der Waals surface area (Å²) in [5.41, 5.74) is 4.96. The molecular weight excluding hydrogens is 498 g/mol. The first-order valence-electron chi connectivity index (χ1n) is 10.5. The van der Waals surface area contributed by atoms with E-state index in [1.807, 2.05) is 22.8 Å². The van der Waals surface area contributed by atoms with Crippen LogP contribution in [-0.4, -0.2) is 14.3 Å². The number of hydrogen-bond acceptors (Lipinski definition) is 7. The van der Waals surface area contributed by atoms with E-state index >= 15 is 0 Å². The molecule has 1 amide bonds. The zero-order chi connectivity index (χ0) is 26.2. The van der Waals surface area contributed by atoms with Gasteiger partial charge in [0.05, 0.1) is 4.90 Å². The van der Waals surface area contributed by atoms with Gasteiger partial charge in [-0.2, -0.15) is 4.57 Å². The standard InChI is InChI=1S/C23H25N3O3S.ClHO4/c1-3-20-14-18(17-8-6-5-7-9-17)15-21(4-2)26(20)16-23(27)25-19-10-12-22(13-11-19)30(24,28)29;2-1(3,4)5/h5-15H,3-4,16H2,1-2H3,(H2-,24,25,27,28,29);(H,2,3,4,5). The first kappa shape index (κ1) is 28.3. The number of pyridine rings is 1. The van der Waals surface area contributed by atoms with Gasteiger partial charge in [-0.1, -0.05) is 44.2 Å². The lowest BCUT2D eigenvalue weighted by Gasteiger charge is -2.17. The zero-order valence-corrected chi connectivity index (χ0v) is 20.7. The highest BCUT2D eigenvalue weighted by Gasteiger charge is 2.21. The molecule has 3 aromatic rings. The van der Waals surface area contributed by atoms with Gasteiger partial charge in [-0.25, -0.2) is 32.2 Å². The molecule has 0 aliphatic carbocycles. The Morgan fingerprint density at radius 2 is 1.37 bits per heavy atom. The highest BCUT2D eigenvalue weighted by Crippen LogP contribution is 2.21. The van der Waals surface area contributed by atoms with Crippen LogP contribution in [0.5, 0.6) is 0 Å². The smallest absolute Gasteiger partial charge is 0.290 e. The quantitative estimate of drug-likeness (QED) is 0.345. The zero-order valence-electron chi connectivity index (χ0n) is 19.1. The number of amides is 1. The second-order valence-electron chi connectivity index (χ2n) is 7.38. The summed E-state index contributed by atoms with van der Waals surface area (Å²) < 4.78 is 58.7. The summed E-state index contributed by atoms with van der Waals surface area (Å²) >= 11 is 0. The third-order valence-electron chi connectivity index (χ3n) is 4.94. The number of halogens is 1. The Morgan fingerprint density at radius 1 is 0.886 bits per heavy atom. The van der Waals surface area contributed by atoms with Crippen molar-refractivity contribution in [2.45, 2.75) is 38.1 Å². The summed E-state index contributed by atoms with van der Waals surface area (Å²) in [6, 6.07) is 20.3. The van der Waals surface area contributed by atoms with Crippen LogP contribution < -0.4 is 33.7 Å². The number of nitrogens with two attached hydrogens (primary N) is 1. The van der Waals surface area contributed by atoms with E-state index in [1.165, 1.54) is 24.3 Å². The van der Waals surface area contributed by atoms with Gasteiger partial charge in [0.25, 0.3) is 5.91 Å². The molecule has 0 aliphatic rings. The van der Waals surface area contributed by atoms with Crippen molar-refractivity contribution in [3.05, 3.63) is 78.1 Å². The molecule has 0 unspecified atom stereocenters. The van der Waals surface area contributed by atoms with Crippen molar-refractivity contribution in [1.29, 1.82) is 0 Å². The molecule has 12 heteroatoms. The molecule has 0 atom stereocenters. The van der Waals surface area contributed by atoms with Gasteiger partial charge >= 0.3 is 0 Å². The van der Waals surface area contributed by atoms with Crippen molar-refractivity contribution in [2.75, 3.05) is 5.32 Å². The van der Waals surface area contributed by atoms with E-state index in [9.17, 15) is 13.2 Å². The van der Waals surface area contributed by atoms with E-state index in [4.69, 9.17) is 23.8 Å². The normalized spacial score (nSPS) is 11.4. The third kappa shape index (κ3) is 9.34. The van der Waals surface area contributed by atoms with Gasteiger partial charge in [-0.3, -0.25) is 4.79 Å². The van der Waals surface area contributed by atoms with Crippen LogP contribution in [0.1, 0.15) is 25.2 Å². The van der Waals surface area contributed by atoms with Gasteiger partial charge in [0.1, 0.15) is 0 Å². The maximum absolute atomic E-state index is 12.7. The van der Waals surface area contributed by atoms with Crippen LogP contribution in [0.3, 0.4) is 0 Å². The number of nitrogens with zero attached hydrogens (tertiary/aromatic N) is 1. The molecule has 3 rings (SSSR count). The lowest BCUT2D eigenvalue weighted by molar-refractivity contribution is -2.00. The van der Waals surface area contributed by atoms with Crippen LogP contribution in [-0.2, 0) is 34.2 Å². The largest absolute Gasteiger partial charge is 0.321 e. The van der Waals surface area contributed by atoms with Gasteiger partial charge in [-0.05, 0) is 35.4 Å². The second kappa shape index (κ2) is 12.2. The topological polar surface area (TPSA) is 185 Å². The van der Waals surface area contributed by atoms with E-state index in [0.29, 0.717) is 5.69 Å². The van der Waals surface area contributed by atoms with Gasteiger partial charge in [0.2, 0.25) is 16.6 Å². The van der Waals surface area contributed by atoms with Crippen LogP contribution in [0.4, 0.5) is 5.69 Å². The summed E-state index contributed by atoms with van der Waals surface area (Å²) in [5, 5.41) is 7.93. The van der Waals surface area contributed by atoms with E-state index in [2.05, 4.69) is 43.4 Å². The minimum absolute atomic E-state index is 0.00733. The average Bonchev–Trinajstić information content (AvgIpc) is 2.78. The van der Waals surface area contributed by atoms with Crippen LogP contribution >= 0.6 is 0 Å². The van der Waals surface area contributed by atoms with Crippen molar-refractivity contribution in [2.24, 2.45) is 5.14 Å². The minimum atomic E-state index is -4.94. The van der Waals surface area contributed by atoms with Crippen LogP contribution in [0.15, 0.2) is 71.6 Å². The van der Waals surface area contributed by atoms with E-state index in [0.717, 1.165) is 35.4 Å². The highest BCUT2D eigenvalue weighted by atomic mass is 35.7. The van der Waals surface area contributed by atoms with Crippen molar-refractivity contribution in [3.63, 3.8) is 0 Å². The number of nitrogens with one attached hydrogen (secondary N) is 1. The fraction of sp³-hybridized carbons (Fsp3) is 0.217. The Kier molecular flexibility index (Phi) is 9.86. The molecule has 0 radical (unpaired) electrons. The molecule has 2 aromatic carbocycles. The number of primary sulfonamides is 1. The molecule has 1 heterocycles. The summed E-state index contributed by atoms with van der Waals surface area (Å²) in [5.74, 6) is -0.180. The summed E-state index contributed by atoms with van der Waals surface area (Å²) in [7, 11) is -8.70. The summed E-state index contributed by atoms with van der Waals surface area (Å²) in [6.07, 6.45) is 1.59. The molecule has 0 spiro atoms. The van der Waals surface area contributed by atoms with Gasteiger partial charge in [0, 0.05) is 30.7 Å². The van der Waals surface area contributed by atoms with Crippen LogP contribution in [0.25, 0.3) is 11.1 Å². The number of benzene rings is 2. The molecule has 0 saturated heterocycles. The molecule has 0 saturated carbocycles. The summed E-state index contributed by atoms with van der Waals surface area (Å²) in [6.45, 7) is 4.33. The van der Waals surface area contributed by atoms with Crippen LogP contribution in [0.2, 0.25) is 0 Å². The molecule has 35 heavy (non-hydrogen) atoms. The Balaban J connectivity index is 0.000000784. The minimum Gasteiger partial charge on any atom is -0.321 e. The number of aromatic nitrogens is 1. The van der Waals surface area contributed by atoms with E-state index < -0.39 is 20.3 Å². The first-order chi connectivity index (χ1) is 16.3. The van der Waals surface area contributed by atoms with Crippen LogP contribution in [0, 0.1) is 10.2 Å². The fourth-order valence-corrected chi connectivity index (χ4v) is 3.91. The van der Waals surface area contributed by atoms with Crippen molar-refractivity contribution in [1.82, 2.24) is 0 Å². The van der Waals surface area contributed by atoms with Crippen molar-refractivity contribution < 1.29 is 46.7 Å². The molecule has 10 nitrogen and oxygen atoms in total. The monoisotopic (exact) mass is 523 g/mol. The SMILES string of the molecule is CCc1cc(-c2ccccc2)cc(CC)[n+]1CC(=O)Nc1ccc(S(N)(=O)=O)cc1.[O-][Cl+3]([O-])([O-])[O-]. The first-order valence-corrected chi connectivity index (χ1v) is 13.3. The highest BCUT2D eigenvalue weighted by molar-refractivity contribution is 7.89. The molecule has 0 fully saturated rings. The number of anilines is 1. The molecular formula is C23H26ClN3O7S. The predicted octanol–water partition coefficient (Wildman–Crippen LogP) is -1.70. The second-order valence-corrected chi connectivity index (χ2v) is 9.70. The van der Waals surface area contributed by atoms with E-state index in [-0.39, 0.29) is 17.3 Å². The van der Waals surface area contributed by atoms with Gasteiger partial charge in [-0.15, -0.1) is 10.2 Å². The maximum Gasteiger partial charge on any atom is 0.290 e. The number of aryl methyl sites for hydroxylation is 2. The summed E-state index contributed by atoms with van der Waals surface area (Å²) in [4.78, 5) is 12.7. The molecule has 3 N–H and O–H groups in total. The molecule has 0 bridgehead atoms. The van der Waals surface area contributed by atoms with E-state index in [1.54, 1.807) is 0 Å². The Hall–Kier alpha value is -2.90. The number of carbonyl (C=O) groups excluding carboxylic acids is 1. The number of rotatable bonds is 7. The van der Waals surface area contributed by atoms with Crippen molar-refractivity contribution >= 4 is 21.6 Å². The predicted molar refractivity (Wildman–Crippen MR) is 117 cm³/mol. The number of carbonyl (C=O) groups is 1. The lowest BCUT2D eigenvalue weighted by atomic mass is 10.0. The maximum atomic E-state index is 12.7. The van der Waals surface area contributed by atoms with Gasteiger partial charge < -0.3 is 5.32 Å². The lowest BCUT2D eigenvalue weighted by Crippen LogP contribution is -2.68. The van der Waals surface area contributed by atoms with Crippen molar-refractivity contribution in [3.8, 4) is 11.1 Å². The third-order valence-corrected chi connectivity index (χ3v) is 5.87. The van der Waals surface area contributed by atoms with Gasteiger partial charge in [0.15, 0.2) is 11.4 Å². The Bertz CT molecular complexity index is 1220. The fourth-order valence-electron chi connectivity index (χ4n) is 3.40. The Labute approximate surface area is 206 Å². The average molecular weight is 524 g/mol. The molecule has 188 valence electrons.